The van der Waals surface area contributed by atoms with Crippen LogP contribution >= 0.6 is 0 Å². The zero-order valence-electron chi connectivity index (χ0n) is 6.67. The Hall–Kier alpha value is -0.350. The SMILES string of the molecule is CCCC(F)(F)[C@@H](F)CC(F)F. The Kier molecular flexibility index (Phi) is 4.49. The first kappa shape index (κ1) is 11.6. The monoisotopic (exact) mass is 190 g/mol. The average Bonchev–Trinajstić information content (AvgIpc) is 1.85. The normalized spacial score (nSPS) is 15.2. The Morgan fingerprint density at radius 1 is 1.17 bits per heavy atom. The number of hydrogen-bond donors (Lipinski definition) is 0. The van der Waals surface area contributed by atoms with Gasteiger partial charge in [-0.3, -0.25) is 0 Å². The molecule has 0 radical (unpaired) electrons. The molecule has 74 valence electrons. The second-order valence-electron chi connectivity index (χ2n) is 2.61. The molecular formula is C7H11F5. The van der Waals surface area contributed by atoms with Crippen LogP contribution in [0.3, 0.4) is 0 Å². The maximum Gasteiger partial charge on any atom is 0.278 e. The minimum absolute atomic E-state index is 0.0800. The third-order valence-corrected chi connectivity index (χ3v) is 1.43. The van der Waals surface area contributed by atoms with Crippen molar-refractivity contribution in [3.8, 4) is 0 Å². The summed E-state index contributed by atoms with van der Waals surface area (Å²) in [6.45, 7) is 1.45. The van der Waals surface area contributed by atoms with Gasteiger partial charge in [0.25, 0.3) is 5.92 Å². The number of alkyl halides is 5. The van der Waals surface area contributed by atoms with E-state index in [1.165, 1.54) is 6.92 Å². The van der Waals surface area contributed by atoms with Crippen LogP contribution in [0.5, 0.6) is 0 Å². The van der Waals surface area contributed by atoms with Crippen molar-refractivity contribution in [2.75, 3.05) is 0 Å². The van der Waals surface area contributed by atoms with Crippen LogP contribution < -0.4 is 0 Å². The van der Waals surface area contributed by atoms with E-state index >= 15 is 0 Å². The van der Waals surface area contributed by atoms with Gasteiger partial charge in [0, 0.05) is 12.8 Å². The van der Waals surface area contributed by atoms with E-state index in [9.17, 15) is 22.0 Å². The second kappa shape index (κ2) is 4.62. The summed E-state index contributed by atoms with van der Waals surface area (Å²) in [4.78, 5) is 0. The van der Waals surface area contributed by atoms with E-state index < -0.39 is 31.4 Å². The van der Waals surface area contributed by atoms with Crippen molar-refractivity contribution in [3.63, 3.8) is 0 Å². The summed E-state index contributed by atoms with van der Waals surface area (Å²) in [5.41, 5.74) is 0. The van der Waals surface area contributed by atoms with Gasteiger partial charge in [0.15, 0.2) is 6.17 Å². The Balaban J connectivity index is 3.96. The molecule has 0 saturated carbocycles. The first-order chi connectivity index (χ1) is 5.40. The van der Waals surface area contributed by atoms with Crippen molar-refractivity contribution in [2.45, 2.75) is 44.7 Å². The van der Waals surface area contributed by atoms with Crippen LogP contribution in [0, 0.1) is 0 Å². The topological polar surface area (TPSA) is 0 Å². The first-order valence-electron chi connectivity index (χ1n) is 3.70. The molecule has 1 atom stereocenters. The molecule has 0 aliphatic carbocycles. The molecule has 0 unspecified atom stereocenters. The summed E-state index contributed by atoms with van der Waals surface area (Å²) < 4.78 is 60.3. The van der Waals surface area contributed by atoms with Crippen molar-refractivity contribution in [1.82, 2.24) is 0 Å². The molecule has 0 rings (SSSR count). The second-order valence-corrected chi connectivity index (χ2v) is 2.61. The molecule has 0 aromatic rings. The summed E-state index contributed by atoms with van der Waals surface area (Å²) in [6, 6.07) is 0. The molecule has 0 heterocycles. The summed E-state index contributed by atoms with van der Waals surface area (Å²) in [7, 11) is 0. The molecule has 5 heteroatoms. The zero-order valence-corrected chi connectivity index (χ0v) is 6.67. The van der Waals surface area contributed by atoms with E-state index in [1.807, 2.05) is 0 Å². The van der Waals surface area contributed by atoms with Crippen LogP contribution in [-0.4, -0.2) is 18.5 Å². The Morgan fingerprint density at radius 2 is 1.67 bits per heavy atom. The van der Waals surface area contributed by atoms with E-state index in [0.29, 0.717) is 0 Å². The molecule has 0 saturated heterocycles. The van der Waals surface area contributed by atoms with Crippen LogP contribution in [0.25, 0.3) is 0 Å². The molecule has 0 aliphatic rings. The predicted octanol–water partition coefficient (Wildman–Crippen LogP) is 3.42. The van der Waals surface area contributed by atoms with Gasteiger partial charge in [-0.05, 0) is 0 Å². The van der Waals surface area contributed by atoms with E-state index in [1.54, 1.807) is 0 Å². The molecule has 0 aromatic carbocycles. The largest absolute Gasteiger partial charge is 0.278 e. The smallest absolute Gasteiger partial charge is 0.241 e. The highest BCUT2D eigenvalue weighted by atomic mass is 19.3. The van der Waals surface area contributed by atoms with Gasteiger partial charge in [-0.15, -0.1) is 0 Å². The lowest BCUT2D eigenvalue weighted by Gasteiger charge is -2.19. The Labute approximate surface area is 67.8 Å². The fraction of sp³-hybridized carbons (Fsp3) is 1.00. The van der Waals surface area contributed by atoms with Gasteiger partial charge in [-0.1, -0.05) is 13.3 Å². The van der Waals surface area contributed by atoms with Crippen molar-refractivity contribution in [3.05, 3.63) is 0 Å². The standard InChI is InChI=1S/C7H11F5/c1-2-3-7(11,12)5(8)4-6(9)10/h5-6H,2-4H2,1H3/t5-/m0/s1. The predicted molar refractivity (Wildman–Crippen MR) is 35.4 cm³/mol. The van der Waals surface area contributed by atoms with Gasteiger partial charge >= 0.3 is 0 Å². The van der Waals surface area contributed by atoms with Crippen molar-refractivity contribution in [1.29, 1.82) is 0 Å². The summed E-state index contributed by atoms with van der Waals surface area (Å²) in [6.07, 6.45) is -7.72. The van der Waals surface area contributed by atoms with E-state index in [-0.39, 0.29) is 6.42 Å². The lowest BCUT2D eigenvalue weighted by Crippen LogP contribution is -2.31. The maximum atomic E-state index is 12.5. The van der Waals surface area contributed by atoms with Gasteiger partial charge in [0.2, 0.25) is 6.43 Å². The third-order valence-electron chi connectivity index (χ3n) is 1.43. The van der Waals surface area contributed by atoms with Crippen molar-refractivity contribution < 1.29 is 22.0 Å². The van der Waals surface area contributed by atoms with E-state index in [0.717, 1.165) is 0 Å². The highest BCUT2D eigenvalue weighted by molar-refractivity contribution is 4.76. The molecule has 0 aromatic heterocycles. The maximum absolute atomic E-state index is 12.5. The molecular weight excluding hydrogens is 179 g/mol. The van der Waals surface area contributed by atoms with Gasteiger partial charge in [-0.25, -0.2) is 22.0 Å². The molecule has 0 N–H and O–H groups in total. The number of hydrogen-bond acceptors (Lipinski definition) is 0. The van der Waals surface area contributed by atoms with Gasteiger partial charge in [0.1, 0.15) is 0 Å². The third kappa shape index (κ3) is 3.88. The van der Waals surface area contributed by atoms with Crippen LogP contribution in [0.2, 0.25) is 0 Å². The highest BCUT2D eigenvalue weighted by Crippen LogP contribution is 2.30. The van der Waals surface area contributed by atoms with Gasteiger partial charge < -0.3 is 0 Å². The Bertz CT molecular complexity index is 123. The molecule has 0 aliphatic heterocycles. The quantitative estimate of drug-likeness (QED) is 0.582. The fourth-order valence-electron chi connectivity index (χ4n) is 0.819. The zero-order chi connectivity index (χ0) is 9.78. The average molecular weight is 190 g/mol. The first-order valence-corrected chi connectivity index (χ1v) is 3.70. The lowest BCUT2D eigenvalue weighted by atomic mass is 10.1. The molecule has 12 heavy (non-hydrogen) atoms. The van der Waals surface area contributed by atoms with Crippen LogP contribution in [0.4, 0.5) is 22.0 Å². The number of rotatable bonds is 5. The van der Waals surface area contributed by atoms with Crippen LogP contribution in [0.15, 0.2) is 0 Å². The van der Waals surface area contributed by atoms with Crippen LogP contribution in [0.1, 0.15) is 26.2 Å². The van der Waals surface area contributed by atoms with Crippen molar-refractivity contribution in [2.24, 2.45) is 0 Å². The Morgan fingerprint density at radius 3 is 2.00 bits per heavy atom. The molecule has 0 amide bonds. The van der Waals surface area contributed by atoms with Gasteiger partial charge in [-0.2, -0.15) is 0 Å². The molecule has 0 nitrogen and oxygen atoms in total. The number of halogens is 5. The van der Waals surface area contributed by atoms with E-state index in [4.69, 9.17) is 0 Å². The van der Waals surface area contributed by atoms with Crippen molar-refractivity contribution >= 4 is 0 Å². The summed E-state index contributed by atoms with van der Waals surface area (Å²) >= 11 is 0. The molecule has 0 fully saturated rings. The van der Waals surface area contributed by atoms with Crippen LogP contribution in [-0.2, 0) is 0 Å². The minimum Gasteiger partial charge on any atom is -0.241 e. The fourth-order valence-corrected chi connectivity index (χ4v) is 0.819. The molecule has 0 bridgehead atoms. The van der Waals surface area contributed by atoms with E-state index in [2.05, 4.69) is 0 Å². The summed E-state index contributed by atoms with van der Waals surface area (Å²) in [5, 5.41) is 0. The summed E-state index contributed by atoms with van der Waals surface area (Å²) in [5.74, 6) is -3.61. The lowest BCUT2D eigenvalue weighted by molar-refractivity contribution is -0.0957. The van der Waals surface area contributed by atoms with Gasteiger partial charge in [0.05, 0.1) is 0 Å². The molecule has 0 spiro atoms. The minimum atomic E-state index is -3.61. The highest BCUT2D eigenvalue weighted by Gasteiger charge is 2.40.